The first kappa shape index (κ1) is 20.6. The van der Waals surface area contributed by atoms with Crippen LogP contribution in [0.15, 0.2) is 30.3 Å². The number of nitrogens with zero attached hydrogens (tertiary/aromatic N) is 2. The van der Waals surface area contributed by atoms with Crippen molar-refractivity contribution >= 4 is 34.8 Å². The second-order valence-corrected chi connectivity index (χ2v) is 6.03. The van der Waals surface area contributed by atoms with Gasteiger partial charge in [-0.1, -0.05) is 0 Å². The van der Waals surface area contributed by atoms with Crippen molar-refractivity contribution in [2.24, 2.45) is 0 Å². The van der Waals surface area contributed by atoms with E-state index in [0.29, 0.717) is 6.07 Å². The normalized spacial score (nSPS) is 12.6. The van der Waals surface area contributed by atoms with Gasteiger partial charge in [0.05, 0.1) is 29.0 Å². The number of nitro benzene ring substituents is 1. The van der Waals surface area contributed by atoms with Crippen LogP contribution in [0.2, 0.25) is 0 Å². The molecule has 0 spiro atoms. The molecule has 1 aliphatic rings. The molecular weight excluding hydrogens is 408 g/mol. The number of nitro groups is 1. The Kier molecular flexibility index (Phi) is 5.58. The molecular formula is C18H13F2N3O7. The highest BCUT2D eigenvalue weighted by Gasteiger charge is 2.29. The first-order chi connectivity index (χ1) is 14.2. The maximum atomic E-state index is 14.0. The summed E-state index contributed by atoms with van der Waals surface area (Å²) in [5, 5.41) is 13.1. The van der Waals surface area contributed by atoms with Crippen molar-refractivity contribution < 1.29 is 37.6 Å². The third-order valence-electron chi connectivity index (χ3n) is 4.13. The lowest BCUT2D eigenvalue weighted by Crippen LogP contribution is -2.43. The van der Waals surface area contributed by atoms with Gasteiger partial charge < -0.3 is 14.8 Å². The predicted octanol–water partition coefficient (Wildman–Crippen LogP) is 2.02. The van der Waals surface area contributed by atoms with Gasteiger partial charge in [0.1, 0.15) is 23.9 Å². The first-order valence-electron chi connectivity index (χ1n) is 8.30. The van der Waals surface area contributed by atoms with E-state index in [-0.39, 0.29) is 17.1 Å². The minimum Gasteiger partial charge on any atom is -0.482 e. The molecule has 0 saturated carbocycles. The lowest BCUT2D eigenvalue weighted by molar-refractivity contribution is -0.384. The van der Waals surface area contributed by atoms with Crippen LogP contribution in [-0.2, 0) is 14.3 Å². The number of hydrogen-bond acceptors (Lipinski definition) is 7. The lowest BCUT2D eigenvalue weighted by Gasteiger charge is -2.28. The van der Waals surface area contributed by atoms with Gasteiger partial charge in [0.15, 0.2) is 6.61 Å². The highest BCUT2D eigenvalue weighted by Crippen LogP contribution is 2.35. The number of esters is 1. The number of benzene rings is 2. The molecule has 1 heterocycles. The molecule has 0 fully saturated rings. The number of nitrogens with one attached hydrogen (secondary N) is 1. The molecule has 2 aromatic rings. The molecule has 0 radical (unpaired) electrons. The molecule has 0 aliphatic carbocycles. The summed E-state index contributed by atoms with van der Waals surface area (Å²) in [5.41, 5.74) is -1.45. The highest BCUT2D eigenvalue weighted by molar-refractivity contribution is 6.05. The minimum absolute atomic E-state index is 0.00886. The van der Waals surface area contributed by atoms with Crippen LogP contribution >= 0.6 is 0 Å². The van der Waals surface area contributed by atoms with Crippen molar-refractivity contribution in [1.82, 2.24) is 0 Å². The molecule has 3 rings (SSSR count). The molecule has 0 atom stereocenters. The zero-order valence-electron chi connectivity index (χ0n) is 15.3. The molecule has 30 heavy (non-hydrogen) atoms. The Labute approximate surface area is 167 Å². The SMILES string of the molecule is COC(=O)c1cc(NC(=O)CN2C(=O)COc3ccc([N+](=O)[O-])cc32)c(F)cc1F. The fraction of sp³-hybridized carbons (Fsp3) is 0.167. The standard InChI is InChI=1S/C18H13F2N3O7/c1-29-18(26)10-5-13(12(20)6-11(10)19)21-16(24)7-22-14-4-9(23(27)28)2-3-15(14)30-8-17(22)25/h2-6H,7-8H2,1H3,(H,21,24). The second kappa shape index (κ2) is 8.11. The van der Waals surface area contributed by atoms with Gasteiger partial charge in [-0.25, -0.2) is 13.6 Å². The van der Waals surface area contributed by atoms with Gasteiger partial charge in [-0.15, -0.1) is 0 Å². The summed E-state index contributed by atoms with van der Waals surface area (Å²) in [5.74, 6) is -4.82. The number of amides is 2. The van der Waals surface area contributed by atoms with E-state index in [1.54, 1.807) is 0 Å². The zero-order valence-corrected chi connectivity index (χ0v) is 15.3. The zero-order chi connectivity index (χ0) is 22.0. The number of hydrogen-bond donors (Lipinski definition) is 1. The Morgan fingerprint density at radius 3 is 2.67 bits per heavy atom. The van der Waals surface area contributed by atoms with Crippen molar-refractivity contribution in [3.63, 3.8) is 0 Å². The molecule has 1 aliphatic heterocycles. The summed E-state index contributed by atoms with van der Waals surface area (Å²) in [7, 11) is 1.00. The van der Waals surface area contributed by atoms with Crippen LogP contribution in [0, 0.1) is 21.7 Å². The van der Waals surface area contributed by atoms with Crippen molar-refractivity contribution in [3.05, 3.63) is 57.6 Å². The number of non-ortho nitro benzene ring substituents is 1. The molecule has 2 amide bonds. The van der Waals surface area contributed by atoms with E-state index in [2.05, 4.69) is 10.1 Å². The van der Waals surface area contributed by atoms with Gasteiger partial charge in [0.2, 0.25) is 5.91 Å². The summed E-state index contributed by atoms with van der Waals surface area (Å²) < 4.78 is 37.3. The molecule has 0 bridgehead atoms. The van der Waals surface area contributed by atoms with Gasteiger partial charge in [-0.2, -0.15) is 0 Å². The van der Waals surface area contributed by atoms with Crippen LogP contribution in [0.4, 0.5) is 25.8 Å². The van der Waals surface area contributed by atoms with Crippen LogP contribution in [0.3, 0.4) is 0 Å². The van der Waals surface area contributed by atoms with E-state index >= 15 is 0 Å². The van der Waals surface area contributed by atoms with E-state index in [1.165, 1.54) is 12.1 Å². The predicted molar refractivity (Wildman–Crippen MR) is 97.3 cm³/mol. The highest BCUT2D eigenvalue weighted by atomic mass is 19.1. The lowest BCUT2D eigenvalue weighted by atomic mass is 10.1. The number of rotatable bonds is 5. The Hall–Kier alpha value is -4.09. The number of halogens is 2. The Morgan fingerprint density at radius 1 is 1.27 bits per heavy atom. The average Bonchev–Trinajstić information content (AvgIpc) is 2.71. The number of fused-ring (bicyclic) bond motifs is 1. The van der Waals surface area contributed by atoms with E-state index in [9.17, 15) is 33.3 Å². The first-order valence-corrected chi connectivity index (χ1v) is 8.30. The third-order valence-corrected chi connectivity index (χ3v) is 4.13. The van der Waals surface area contributed by atoms with Crippen LogP contribution in [0.5, 0.6) is 5.75 Å². The molecule has 10 nitrogen and oxygen atoms in total. The van der Waals surface area contributed by atoms with Crippen LogP contribution in [0.1, 0.15) is 10.4 Å². The summed E-state index contributed by atoms with van der Waals surface area (Å²) in [6.45, 7) is -1.05. The third kappa shape index (κ3) is 4.01. The van der Waals surface area contributed by atoms with E-state index in [1.807, 2.05) is 0 Å². The number of carbonyl (C=O) groups excluding carboxylic acids is 3. The Bertz CT molecular complexity index is 1070. The summed E-state index contributed by atoms with van der Waals surface area (Å²) in [6.07, 6.45) is 0. The summed E-state index contributed by atoms with van der Waals surface area (Å²) in [6, 6.07) is 4.68. The molecule has 12 heteroatoms. The van der Waals surface area contributed by atoms with Gasteiger partial charge in [-0.3, -0.25) is 24.6 Å². The number of anilines is 2. The smallest absolute Gasteiger partial charge is 0.340 e. The van der Waals surface area contributed by atoms with Crippen LogP contribution in [-0.4, -0.2) is 43.0 Å². The number of ether oxygens (including phenoxy) is 2. The molecule has 2 aromatic carbocycles. The Balaban J connectivity index is 1.85. The van der Waals surface area contributed by atoms with E-state index < -0.39 is 58.7 Å². The van der Waals surface area contributed by atoms with Gasteiger partial charge >= 0.3 is 5.97 Å². The average molecular weight is 421 g/mol. The Morgan fingerprint density at radius 2 is 2.00 bits per heavy atom. The molecule has 156 valence electrons. The molecule has 0 unspecified atom stereocenters. The van der Waals surface area contributed by atoms with Gasteiger partial charge in [-0.05, 0) is 12.1 Å². The topological polar surface area (TPSA) is 128 Å². The summed E-state index contributed by atoms with van der Waals surface area (Å²) in [4.78, 5) is 47.4. The van der Waals surface area contributed by atoms with Crippen molar-refractivity contribution in [3.8, 4) is 5.75 Å². The van der Waals surface area contributed by atoms with E-state index in [4.69, 9.17) is 4.74 Å². The van der Waals surface area contributed by atoms with Crippen molar-refractivity contribution in [2.45, 2.75) is 0 Å². The summed E-state index contributed by atoms with van der Waals surface area (Å²) >= 11 is 0. The van der Waals surface area contributed by atoms with Crippen LogP contribution < -0.4 is 15.0 Å². The molecule has 1 N–H and O–H groups in total. The molecule has 0 saturated heterocycles. The quantitative estimate of drug-likeness (QED) is 0.444. The van der Waals surface area contributed by atoms with E-state index in [0.717, 1.165) is 24.1 Å². The largest absolute Gasteiger partial charge is 0.482 e. The fourth-order valence-electron chi connectivity index (χ4n) is 2.72. The fourth-order valence-corrected chi connectivity index (χ4v) is 2.72. The number of carbonyl (C=O) groups is 3. The van der Waals surface area contributed by atoms with Crippen molar-refractivity contribution in [2.75, 3.05) is 30.5 Å². The van der Waals surface area contributed by atoms with Gasteiger partial charge in [0, 0.05) is 18.2 Å². The van der Waals surface area contributed by atoms with Crippen LogP contribution in [0.25, 0.3) is 0 Å². The molecule has 0 aromatic heterocycles. The van der Waals surface area contributed by atoms with Gasteiger partial charge in [0.25, 0.3) is 11.6 Å². The maximum Gasteiger partial charge on any atom is 0.340 e. The van der Waals surface area contributed by atoms with Crippen molar-refractivity contribution in [1.29, 1.82) is 0 Å². The number of methoxy groups -OCH3 is 1. The monoisotopic (exact) mass is 421 g/mol. The second-order valence-electron chi connectivity index (χ2n) is 6.03. The maximum absolute atomic E-state index is 14.0. The minimum atomic E-state index is -1.18.